The first-order valence-electron chi connectivity index (χ1n) is 8.45. The summed E-state index contributed by atoms with van der Waals surface area (Å²) in [5.41, 5.74) is 0.859. The monoisotopic (exact) mass is 292 g/mol. The Kier molecular flexibility index (Phi) is 6.65. The molecule has 21 heavy (non-hydrogen) atoms. The second-order valence-electron chi connectivity index (χ2n) is 6.15. The summed E-state index contributed by atoms with van der Waals surface area (Å²) in [5, 5.41) is 3.49. The molecule has 118 valence electrons. The zero-order valence-corrected chi connectivity index (χ0v) is 13.4. The smallest absolute Gasteiger partial charge is 0.127 e. The van der Waals surface area contributed by atoms with Crippen molar-refractivity contribution in [2.75, 3.05) is 26.2 Å². The van der Waals surface area contributed by atoms with Crippen molar-refractivity contribution in [2.24, 2.45) is 5.92 Å². The van der Waals surface area contributed by atoms with Crippen LogP contribution < -0.4 is 5.32 Å². The summed E-state index contributed by atoms with van der Waals surface area (Å²) in [6, 6.07) is 7.47. The maximum absolute atomic E-state index is 14.2. The summed E-state index contributed by atoms with van der Waals surface area (Å²) in [6.45, 7) is 8.75. The summed E-state index contributed by atoms with van der Waals surface area (Å²) in [6.07, 6.45) is 4.63. The lowest BCUT2D eigenvalue weighted by atomic mass is 9.95. The molecule has 0 aliphatic carbocycles. The zero-order chi connectivity index (χ0) is 15.1. The number of piperidine rings is 1. The van der Waals surface area contributed by atoms with Crippen LogP contribution in [0.15, 0.2) is 24.3 Å². The number of halogens is 1. The Morgan fingerprint density at radius 2 is 2.14 bits per heavy atom. The van der Waals surface area contributed by atoms with Crippen LogP contribution in [0.2, 0.25) is 0 Å². The highest BCUT2D eigenvalue weighted by Gasteiger charge is 2.24. The maximum atomic E-state index is 14.2. The molecule has 1 aromatic carbocycles. The first-order chi connectivity index (χ1) is 10.3. The Morgan fingerprint density at radius 1 is 1.33 bits per heavy atom. The highest BCUT2D eigenvalue weighted by molar-refractivity contribution is 5.21. The summed E-state index contributed by atoms with van der Waals surface area (Å²) >= 11 is 0. The van der Waals surface area contributed by atoms with Crippen LogP contribution in [-0.4, -0.2) is 31.1 Å². The van der Waals surface area contributed by atoms with Crippen molar-refractivity contribution in [3.05, 3.63) is 35.6 Å². The minimum Gasteiger partial charge on any atom is -0.316 e. The lowest BCUT2D eigenvalue weighted by molar-refractivity contribution is 0.147. The molecule has 0 aromatic heterocycles. The van der Waals surface area contributed by atoms with Crippen molar-refractivity contribution in [1.29, 1.82) is 0 Å². The van der Waals surface area contributed by atoms with Gasteiger partial charge in [0.05, 0.1) is 0 Å². The summed E-state index contributed by atoms with van der Waals surface area (Å²) in [7, 11) is 0. The molecule has 2 nitrogen and oxygen atoms in total. The molecule has 0 saturated carbocycles. The predicted octanol–water partition coefficient (Wildman–Crippen LogP) is 3.99. The third-order valence-electron chi connectivity index (χ3n) is 4.49. The zero-order valence-electron chi connectivity index (χ0n) is 13.4. The van der Waals surface area contributed by atoms with Crippen LogP contribution in [-0.2, 0) is 0 Å². The number of benzene rings is 1. The van der Waals surface area contributed by atoms with Crippen LogP contribution in [0.25, 0.3) is 0 Å². The van der Waals surface area contributed by atoms with Crippen LogP contribution in [0, 0.1) is 11.7 Å². The normalized spacial score (nSPS) is 20.7. The van der Waals surface area contributed by atoms with Crippen LogP contribution in [0.4, 0.5) is 4.39 Å². The molecule has 0 bridgehead atoms. The lowest BCUT2D eigenvalue weighted by Crippen LogP contribution is -2.40. The molecule has 1 aliphatic heterocycles. The van der Waals surface area contributed by atoms with Gasteiger partial charge in [-0.3, -0.25) is 4.90 Å². The Labute approximate surface area is 128 Å². The fourth-order valence-corrected chi connectivity index (χ4v) is 3.49. The SMILES string of the molecule is CCCN(CC1CCCNC1)C(CC)c1ccccc1F. The molecular weight excluding hydrogens is 263 g/mol. The molecule has 0 amide bonds. The number of hydrogen-bond acceptors (Lipinski definition) is 2. The van der Waals surface area contributed by atoms with Gasteiger partial charge in [-0.05, 0) is 57.3 Å². The van der Waals surface area contributed by atoms with Crippen LogP contribution in [0.1, 0.15) is 51.1 Å². The molecule has 1 N–H and O–H groups in total. The third kappa shape index (κ3) is 4.52. The van der Waals surface area contributed by atoms with E-state index in [1.807, 2.05) is 12.1 Å². The van der Waals surface area contributed by atoms with E-state index < -0.39 is 0 Å². The van der Waals surface area contributed by atoms with Crippen molar-refractivity contribution < 1.29 is 4.39 Å². The fourth-order valence-electron chi connectivity index (χ4n) is 3.49. The van der Waals surface area contributed by atoms with Crippen LogP contribution in [0.5, 0.6) is 0 Å². The van der Waals surface area contributed by atoms with Gasteiger partial charge < -0.3 is 5.32 Å². The second-order valence-corrected chi connectivity index (χ2v) is 6.15. The second kappa shape index (κ2) is 8.50. The number of hydrogen-bond donors (Lipinski definition) is 1. The summed E-state index contributed by atoms with van der Waals surface area (Å²) in [4.78, 5) is 2.50. The molecule has 1 heterocycles. The van der Waals surface area contributed by atoms with Gasteiger partial charge in [0.1, 0.15) is 5.82 Å². The number of nitrogens with zero attached hydrogens (tertiary/aromatic N) is 1. The molecule has 0 spiro atoms. The number of rotatable bonds is 7. The average molecular weight is 292 g/mol. The van der Waals surface area contributed by atoms with Crippen molar-refractivity contribution in [3.8, 4) is 0 Å². The molecule has 1 fully saturated rings. The van der Waals surface area contributed by atoms with Gasteiger partial charge in [0, 0.05) is 18.2 Å². The van der Waals surface area contributed by atoms with Crippen molar-refractivity contribution in [1.82, 2.24) is 10.2 Å². The minimum absolute atomic E-state index is 0.0628. The Hall–Kier alpha value is -0.930. The molecule has 2 unspecified atom stereocenters. The van der Waals surface area contributed by atoms with Gasteiger partial charge in [0.25, 0.3) is 0 Å². The Balaban J connectivity index is 2.11. The number of nitrogens with one attached hydrogen (secondary N) is 1. The van der Waals surface area contributed by atoms with E-state index in [1.54, 1.807) is 12.1 Å². The third-order valence-corrected chi connectivity index (χ3v) is 4.49. The van der Waals surface area contributed by atoms with Gasteiger partial charge in [-0.25, -0.2) is 4.39 Å². The Morgan fingerprint density at radius 3 is 2.76 bits per heavy atom. The van der Waals surface area contributed by atoms with E-state index in [1.165, 1.54) is 12.8 Å². The van der Waals surface area contributed by atoms with Crippen molar-refractivity contribution >= 4 is 0 Å². The molecule has 2 rings (SSSR count). The summed E-state index contributed by atoms with van der Waals surface area (Å²) in [5.74, 6) is 0.637. The molecule has 3 heteroatoms. The predicted molar refractivity (Wildman–Crippen MR) is 86.9 cm³/mol. The Bertz CT molecular complexity index is 415. The van der Waals surface area contributed by atoms with E-state index in [-0.39, 0.29) is 11.9 Å². The van der Waals surface area contributed by atoms with Crippen molar-refractivity contribution in [2.45, 2.75) is 45.6 Å². The molecule has 1 saturated heterocycles. The van der Waals surface area contributed by atoms with E-state index >= 15 is 0 Å². The largest absolute Gasteiger partial charge is 0.316 e. The quantitative estimate of drug-likeness (QED) is 0.817. The van der Waals surface area contributed by atoms with Gasteiger partial charge in [0.15, 0.2) is 0 Å². The molecular formula is C18H29FN2. The van der Waals surface area contributed by atoms with Crippen LogP contribution >= 0.6 is 0 Å². The molecule has 0 radical (unpaired) electrons. The fraction of sp³-hybridized carbons (Fsp3) is 0.667. The van der Waals surface area contributed by atoms with Gasteiger partial charge in [-0.1, -0.05) is 32.0 Å². The average Bonchev–Trinajstić information content (AvgIpc) is 2.51. The van der Waals surface area contributed by atoms with Crippen LogP contribution in [0.3, 0.4) is 0 Å². The summed E-state index contributed by atoms with van der Waals surface area (Å²) < 4.78 is 14.2. The van der Waals surface area contributed by atoms with Gasteiger partial charge >= 0.3 is 0 Å². The van der Waals surface area contributed by atoms with E-state index in [9.17, 15) is 4.39 Å². The first-order valence-corrected chi connectivity index (χ1v) is 8.45. The standard InChI is InChI=1S/C18H29FN2/c1-3-12-21(14-15-8-7-11-20-13-15)18(4-2)16-9-5-6-10-17(16)19/h5-6,9-10,15,18,20H,3-4,7-8,11-14H2,1-2H3. The molecule has 1 aromatic rings. The van der Waals surface area contributed by atoms with Gasteiger partial charge in [0.2, 0.25) is 0 Å². The van der Waals surface area contributed by atoms with E-state index in [0.717, 1.165) is 44.6 Å². The minimum atomic E-state index is -0.0628. The highest BCUT2D eigenvalue weighted by Crippen LogP contribution is 2.28. The topological polar surface area (TPSA) is 15.3 Å². The van der Waals surface area contributed by atoms with Gasteiger partial charge in [-0.2, -0.15) is 0 Å². The first kappa shape index (κ1) is 16.4. The lowest BCUT2D eigenvalue weighted by Gasteiger charge is -2.35. The van der Waals surface area contributed by atoms with Crippen molar-refractivity contribution in [3.63, 3.8) is 0 Å². The highest BCUT2D eigenvalue weighted by atomic mass is 19.1. The van der Waals surface area contributed by atoms with E-state index in [4.69, 9.17) is 0 Å². The molecule has 2 atom stereocenters. The van der Waals surface area contributed by atoms with E-state index in [2.05, 4.69) is 24.1 Å². The molecule has 1 aliphatic rings. The van der Waals surface area contributed by atoms with Gasteiger partial charge in [-0.15, -0.1) is 0 Å². The van der Waals surface area contributed by atoms with E-state index in [0.29, 0.717) is 5.92 Å². The maximum Gasteiger partial charge on any atom is 0.127 e.